The molecular formula is C16H16O4. The van der Waals surface area contributed by atoms with Crippen LogP contribution in [0.3, 0.4) is 0 Å². The minimum Gasteiger partial charge on any atom is -0.508 e. The van der Waals surface area contributed by atoms with E-state index in [1.165, 1.54) is 12.1 Å². The number of hydrogen-bond donors (Lipinski definition) is 2. The van der Waals surface area contributed by atoms with Gasteiger partial charge in [-0.1, -0.05) is 19.1 Å². The van der Waals surface area contributed by atoms with E-state index in [0.29, 0.717) is 0 Å². The summed E-state index contributed by atoms with van der Waals surface area (Å²) in [6, 6.07) is 11.2. The highest BCUT2D eigenvalue weighted by molar-refractivity contribution is 6.03. The van der Waals surface area contributed by atoms with Crippen molar-refractivity contribution < 1.29 is 19.7 Å². The molecule has 0 spiro atoms. The van der Waals surface area contributed by atoms with Gasteiger partial charge >= 0.3 is 0 Å². The van der Waals surface area contributed by atoms with E-state index in [1.807, 2.05) is 12.1 Å². The monoisotopic (exact) mass is 272 g/mol. The van der Waals surface area contributed by atoms with Crippen molar-refractivity contribution in [1.29, 1.82) is 0 Å². The average molecular weight is 272 g/mol. The number of ketones is 1. The van der Waals surface area contributed by atoms with Crippen molar-refractivity contribution in [2.45, 2.75) is 12.8 Å². The van der Waals surface area contributed by atoms with Crippen LogP contribution < -0.4 is 4.74 Å². The zero-order valence-corrected chi connectivity index (χ0v) is 11.3. The number of rotatable bonds is 4. The predicted octanol–water partition coefficient (Wildman–Crippen LogP) is 3.09. The first kappa shape index (κ1) is 13.9. The highest BCUT2D eigenvalue weighted by Gasteiger charge is 2.20. The van der Waals surface area contributed by atoms with Gasteiger partial charge in [0.25, 0.3) is 0 Å². The third kappa shape index (κ3) is 2.74. The second kappa shape index (κ2) is 5.65. The Balaban J connectivity index is 2.27. The van der Waals surface area contributed by atoms with Gasteiger partial charge in [-0.25, -0.2) is 0 Å². The lowest BCUT2D eigenvalue weighted by atomic mass is 9.92. The molecule has 0 saturated carbocycles. The first-order valence-corrected chi connectivity index (χ1v) is 6.23. The molecule has 0 aliphatic rings. The van der Waals surface area contributed by atoms with Crippen LogP contribution in [0.25, 0.3) is 0 Å². The van der Waals surface area contributed by atoms with Gasteiger partial charge in [0.15, 0.2) is 5.78 Å². The molecule has 0 bridgehead atoms. The van der Waals surface area contributed by atoms with Gasteiger partial charge in [-0.05, 0) is 29.8 Å². The van der Waals surface area contributed by atoms with E-state index in [4.69, 9.17) is 4.74 Å². The molecule has 1 atom stereocenters. The highest BCUT2D eigenvalue weighted by Crippen LogP contribution is 2.29. The third-order valence-corrected chi connectivity index (χ3v) is 3.26. The summed E-state index contributed by atoms with van der Waals surface area (Å²) in [7, 11) is 1.58. The Morgan fingerprint density at radius 1 is 1.10 bits per heavy atom. The number of methoxy groups -OCH3 is 1. The molecule has 104 valence electrons. The summed E-state index contributed by atoms with van der Waals surface area (Å²) in [5.41, 5.74) is 1.04. The fraction of sp³-hybridized carbons (Fsp3) is 0.188. The Morgan fingerprint density at radius 2 is 1.75 bits per heavy atom. The molecule has 2 aromatic rings. The zero-order chi connectivity index (χ0) is 14.7. The summed E-state index contributed by atoms with van der Waals surface area (Å²) in [5, 5.41) is 19.0. The molecule has 0 aliphatic carbocycles. The molecule has 2 aromatic carbocycles. The predicted molar refractivity (Wildman–Crippen MR) is 75.5 cm³/mol. The molecule has 0 unspecified atom stereocenters. The first-order chi connectivity index (χ1) is 9.52. The Hall–Kier alpha value is -2.49. The van der Waals surface area contributed by atoms with Crippen molar-refractivity contribution in [3.8, 4) is 17.2 Å². The normalized spacial score (nSPS) is 11.9. The first-order valence-electron chi connectivity index (χ1n) is 6.23. The molecule has 0 aromatic heterocycles. The maximum absolute atomic E-state index is 12.4. The van der Waals surface area contributed by atoms with Crippen LogP contribution in [-0.4, -0.2) is 23.1 Å². The number of benzene rings is 2. The number of hydrogen-bond acceptors (Lipinski definition) is 4. The van der Waals surface area contributed by atoms with Gasteiger partial charge in [0.2, 0.25) is 0 Å². The number of Topliss-reactive ketones (excluding diaryl/α,β-unsaturated/α-hetero) is 1. The van der Waals surface area contributed by atoms with Crippen LogP contribution in [0.1, 0.15) is 28.8 Å². The number of carbonyl (C=O) groups is 1. The van der Waals surface area contributed by atoms with Gasteiger partial charge in [-0.15, -0.1) is 0 Å². The smallest absolute Gasteiger partial charge is 0.173 e. The molecule has 2 N–H and O–H groups in total. The fourth-order valence-corrected chi connectivity index (χ4v) is 2.01. The Labute approximate surface area is 117 Å². The SMILES string of the molecule is COc1ccc([C@H](C)C(=O)c2ccc(O)cc2O)cc1. The summed E-state index contributed by atoms with van der Waals surface area (Å²) >= 11 is 0. The lowest BCUT2D eigenvalue weighted by molar-refractivity contribution is 0.0963. The van der Waals surface area contributed by atoms with E-state index in [9.17, 15) is 15.0 Å². The summed E-state index contributed by atoms with van der Waals surface area (Å²) in [6.07, 6.45) is 0. The van der Waals surface area contributed by atoms with Crippen LogP contribution in [0.4, 0.5) is 0 Å². The van der Waals surface area contributed by atoms with Gasteiger partial charge in [0.1, 0.15) is 17.2 Å². The number of ether oxygens (including phenoxy) is 1. The molecular weight excluding hydrogens is 256 g/mol. The maximum Gasteiger partial charge on any atom is 0.173 e. The summed E-state index contributed by atoms with van der Waals surface area (Å²) in [5.74, 6) is -0.156. The van der Waals surface area contributed by atoms with Crippen molar-refractivity contribution in [2.75, 3.05) is 7.11 Å². The second-order valence-electron chi connectivity index (χ2n) is 4.56. The molecule has 0 amide bonds. The van der Waals surface area contributed by atoms with Gasteiger partial charge in [0, 0.05) is 12.0 Å². The van der Waals surface area contributed by atoms with Crippen LogP contribution in [0.5, 0.6) is 17.2 Å². The highest BCUT2D eigenvalue weighted by atomic mass is 16.5. The van der Waals surface area contributed by atoms with E-state index in [1.54, 1.807) is 26.2 Å². The Kier molecular flexibility index (Phi) is 3.94. The van der Waals surface area contributed by atoms with Gasteiger partial charge in [-0.3, -0.25) is 4.79 Å². The molecule has 0 fully saturated rings. The van der Waals surface area contributed by atoms with Crippen LogP contribution in [0.15, 0.2) is 42.5 Å². The van der Waals surface area contributed by atoms with Crippen molar-refractivity contribution in [1.82, 2.24) is 0 Å². The van der Waals surface area contributed by atoms with Crippen molar-refractivity contribution in [3.63, 3.8) is 0 Å². The standard InChI is InChI=1S/C16H16O4/c1-10(11-3-6-13(20-2)7-4-11)16(19)14-8-5-12(17)9-15(14)18/h3-10,17-18H,1-2H3/t10-/m0/s1. The minimum absolute atomic E-state index is 0.0730. The Bertz CT molecular complexity index is 617. The van der Waals surface area contributed by atoms with E-state index in [-0.39, 0.29) is 22.8 Å². The van der Waals surface area contributed by atoms with Gasteiger partial charge < -0.3 is 14.9 Å². The second-order valence-corrected chi connectivity index (χ2v) is 4.56. The van der Waals surface area contributed by atoms with E-state index < -0.39 is 5.92 Å². The average Bonchev–Trinajstić information content (AvgIpc) is 2.46. The van der Waals surface area contributed by atoms with E-state index >= 15 is 0 Å². The van der Waals surface area contributed by atoms with E-state index in [0.717, 1.165) is 17.4 Å². The lowest BCUT2D eigenvalue weighted by Gasteiger charge is -2.12. The van der Waals surface area contributed by atoms with E-state index in [2.05, 4.69) is 0 Å². The lowest BCUT2D eigenvalue weighted by Crippen LogP contribution is -2.09. The van der Waals surface area contributed by atoms with Crippen molar-refractivity contribution >= 4 is 5.78 Å². The Morgan fingerprint density at radius 3 is 2.30 bits per heavy atom. The molecule has 0 heterocycles. The van der Waals surface area contributed by atoms with Crippen molar-refractivity contribution in [2.24, 2.45) is 0 Å². The molecule has 0 radical (unpaired) electrons. The number of aromatic hydroxyl groups is 2. The fourth-order valence-electron chi connectivity index (χ4n) is 2.01. The topological polar surface area (TPSA) is 66.8 Å². The molecule has 0 saturated heterocycles. The summed E-state index contributed by atoms with van der Waals surface area (Å²) in [4.78, 5) is 12.4. The van der Waals surface area contributed by atoms with Gasteiger partial charge in [-0.2, -0.15) is 0 Å². The van der Waals surface area contributed by atoms with Crippen LogP contribution in [-0.2, 0) is 0 Å². The minimum atomic E-state index is -0.392. The largest absolute Gasteiger partial charge is 0.508 e. The zero-order valence-electron chi connectivity index (χ0n) is 11.3. The summed E-state index contributed by atoms with van der Waals surface area (Å²) < 4.78 is 5.07. The third-order valence-electron chi connectivity index (χ3n) is 3.26. The number of phenols is 2. The molecule has 2 rings (SSSR count). The van der Waals surface area contributed by atoms with Gasteiger partial charge in [0.05, 0.1) is 12.7 Å². The van der Waals surface area contributed by atoms with Crippen molar-refractivity contribution in [3.05, 3.63) is 53.6 Å². The number of carbonyl (C=O) groups excluding carboxylic acids is 1. The molecule has 20 heavy (non-hydrogen) atoms. The molecule has 4 heteroatoms. The quantitative estimate of drug-likeness (QED) is 0.839. The summed E-state index contributed by atoms with van der Waals surface area (Å²) in [6.45, 7) is 1.77. The van der Waals surface area contributed by atoms with Crippen LogP contribution >= 0.6 is 0 Å². The molecule has 4 nitrogen and oxygen atoms in total. The van der Waals surface area contributed by atoms with Crippen LogP contribution in [0.2, 0.25) is 0 Å². The number of phenolic OH excluding ortho intramolecular Hbond substituents is 2. The molecule has 0 aliphatic heterocycles. The van der Waals surface area contributed by atoms with Crippen LogP contribution in [0, 0.1) is 0 Å². The maximum atomic E-state index is 12.4.